The smallest absolute Gasteiger partial charge is 0.261 e. The lowest BCUT2D eigenvalue weighted by molar-refractivity contribution is 0.628. The third-order valence-corrected chi connectivity index (χ3v) is 3.19. The van der Waals surface area contributed by atoms with Crippen LogP contribution in [0.4, 0.5) is 16.3 Å². The molecule has 23 heavy (non-hydrogen) atoms. The van der Waals surface area contributed by atoms with E-state index >= 15 is 0 Å². The molecule has 0 saturated heterocycles. The molecule has 2 heterocycles. The third-order valence-electron chi connectivity index (χ3n) is 3.19. The summed E-state index contributed by atoms with van der Waals surface area (Å²) in [6, 6.07) is 3.84. The highest BCUT2D eigenvalue weighted by Gasteiger charge is 2.10. The zero-order chi connectivity index (χ0) is 16.6. The number of nitrogens with zero attached hydrogens (tertiary/aromatic N) is 6. The molecule has 0 fully saturated rings. The summed E-state index contributed by atoms with van der Waals surface area (Å²) in [6.45, 7) is 0.0900. The van der Waals surface area contributed by atoms with Crippen LogP contribution in [0.15, 0.2) is 29.3 Å². The maximum absolute atomic E-state index is 13.2. The topological polar surface area (TPSA) is 103 Å². The molecule has 0 atom stereocenters. The van der Waals surface area contributed by atoms with E-state index in [1.807, 2.05) is 0 Å². The van der Waals surface area contributed by atoms with Gasteiger partial charge in [-0.15, -0.1) is 0 Å². The number of nitrogens with two attached hydrogens (primary N) is 1. The van der Waals surface area contributed by atoms with Crippen molar-refractivity contribution in [2.24, 2.45) is 0 Å². The van der Waals surface area contributed by atoms with Gasteiger partial charge in [0.2, 0.25) is 11.9 Å². The lowest BCUT2D eigenvalue weighted by Gasteiger charge is -2.12. The molecule has 3 rings (SSSR count). The van der Waals surface area contributed by atoms with Gasteiger partial charge in [0.05, 0.1) is 23.8 Å². The van der Waals surface area contributed by atoms with E-state index in [1.54, 1.807) is 19.0 Å². The van der Waals surface area contributed by atoms with Crippen molar-refractivity contribution < 1.29 is 4.39 Å². The summed E-state index contributed by atoms with van der Waals surface area (Å²) in [5, 5.41) is 0.323. The van der Waals surface area contributed by atoms with Gasteiger partial charge in [0, 0.05) is 20.2 Å². The van der Waals surface area contributed by atoms with Crippen LogP contribution in [-0.2, 0) is 6.54 Å². The Morgan fingerprint density at radius 2 is 2.04 bits per heavy atom. The van der Waals surface area contributed by atoms with Crippen LogP contribution in [0.3, 0.4) is 0 Å². The zero-order valence-electron chi connectivity index (χ0n) is 12.6. The Bertz CT molecular complexity index is 938. The molecule has 0 aliphatic rings. The van der Waals surface area contributed by atoms with E-state index in [1.165, 1.54) is 29.1 Å². The van der Waals surface area contributed by atoms with Crippen LogP contribution >= 0.6 is 0 Å². The van der Waals surface area contributed by atoms with Crippen molar-refractivity contribution >= 4 is 22.8 Å². The molecule has 1 aromatic carbocycles. The van der Waals surface area contributed by atoms with Crippen LogP contribution in [-0.4, -0.2) is 38.6 Å². The quantitative estimate of drug-likeness (QED) is 0.747. The molecule has 118 valence electrons. The highest BCUT2D eigenvalue weighted by atomic mass is 19.1. The number of halogens is 1. The average Bonchev–Trinajstić information content (AvgIpc) is 2.49. The van der Waals surface area contributed by atoms with Crippen LogP contribution in [0.5, 0.6) is 0 Å². The highest BCUT2D eigenvalue weighted by Crippen LogP contribution is 2.10. The van der Waals surface area contributed by atoms with E-state index in [2.05, 4.69) is 19.9 Å². The lowest BCUT2D eigenvalue weighted by Crippen LogP contribution is -2.23. The number of nitrogen functional groups attached to an aromatic ring is 1. The molecule has 9 heteroatoms. The average molecular weight is 315 g/mol. The Morgan fingerprint density at radius 3 is 2.78 bits per heavy atom. The predicted molar refractivity (Wildman–Crippen MR) is 83.6 cm³/mol. The van der Waals surface area contributed by atoms with Gasteiger partial charge in [-0.2, -0.15) is 15.0 Å². The van der Waals surface area contributed by atoms with E-state index in [0.29, 0.717) is 22.7 Å². The Morgan fingerprint density at radius 1 is 1.26 bits per heavy atom. The molecule has 3 aromatic rings. The maximum atomic E-state index is 13.2. The Balaban J connectivity index is 2.04. The predicted octanol–water partition coefficient (Wildman–Crippen LogP) is 0.417. The van der Waals surface area contributed by atoms with Crippen molar-refractivity contribution in [2.45, 2.75) is 6.54 Å². The molecular formula is C14H14FN7O. The third kappa shape index (κ3) is 2.93. The summed E-state index contributed by atoms with van der Waals surface area (Å²) in [6.07, 6.45) is 1.33. The molecule has 0 bridgehead atoms. The molecule has 8 nitrogen and oxygen atoms in total. The standard InChI is InChI=1S/C14H14FN7O/c1-21(2)14-19-11(18-13(16)20-14)6-22-7-17-10-5-8(15)3-4-9(10)12(22)23/h3-5,7H,6H2,1-2H3,(H2,16,18,19,20). The van der Waals surface area contributed by atoms with Crippen LogP contribution in [0.2, 0.25) is 0 Å². The molecular weight excluding hydrogens is 301 g/mol. The molecule has 0 radical (unpaired) electrons. The van der Waals surface area contributed by atoms with E-state index in [4.69, 9.17) is 5.73 Å². The Kier molecular flexibility index (Phi) is 3.61. The fraction of sp³-hybridized carbons (Fsp3) is 0.214. The molecule has 0 spiro atoms. The summed E-state index contributed by atoms with van der Waals surface area (Å²) >= 11 is 0. The van der Waals surface area contributed by atoms with Crippen molar-refractivity contribution in [3.05, 3.63) is 46.5 Å². The fourth-order valence-electron chi connectivity index (χ4n) is 2.09. The first kappa shape index (κ1) is 14.8. The number of benzene rings is 1. The van der Waals surface area contributed by atoms with Crippen molar-refractivity contribution in [2.75, 3.05) is 24.7 Å². The summed E-state index contributed by atoms with van der Waals surface area (Å²) in [5.41, 5.74) is 5.66. The molecule has 0 aliphatic heterocycles. The molecule has 0 unspecified atom stereocenters. The van der Waals surface area contributed by atoms with Crippen LogP contribution in [0.25, 0.3) is 10.9 Å². The second-order valence-electron chi connectivity index (χ2n) is 5.14. The van der Waals surface area contributed by atoms with E-state index < -0.39 is 5.82 Å². The van der Waals surface area contributed by atoms with Gasteiger partial charge in [-0.05, 0) is 12.1 Å². The van der Waals surface area contributed by atoms with Gasteiger partial charge in [0.15, 0.2) is 5.82 Å². The van der Waals surface area contributed by atoms with E-state index in [0.717, 1.165) is 0 Å². The van der Waals surface area contributed by atoms with Crippen LogP contribution in [0.1, 0.15) is 5.82 Å². The van der Waals surface area contributed by atoms with E-state index in [9.17, 15) is 9.18 Å². The van der Waals surface area contributed by atoms with E-state index in [-0.39, 0.29) is 18.1 Å². The SMILES string of the molecule is CN(C)c1nc(N)nc(Cn2cnc3cc(F)ccc3c2=O)n1. The van der Waals surface area contributed by atoms with Gasteiger partial charge in [0.1, 0.15) is 5.82 Å². The highest BCUT2D eigenvalue weighted by molar-refractivity contribution is 5.77. The molecule has 2 N–H and O–H groups in total. The first-order valence-electron chi connectivity index (χ1n) is 6.76. The minimum Gasteiger partial charge on any atom is -0.368 e. The summed E-state index contributed by atoms with van der Waals surface area (Å²) in [5.74, 6) is 0.369. The van der Waals surface area contributed by atoms with Gasteiger partial charge >= 0.3 is 0 Å². The summed E-state index contributed by atoms with van der Waals surface area (Å²) in [7, 11) is 3.55. The van der Waals surface area contributed by atoms with Crippen molar-refractivity contribution in [1.29, 1.82) is 0 Å². The van der Waals surface area contributed by atoms with Gasteiger partial charge in [-0.25, -0.2) is 9.37 Å². The fourth-order valence-corrected chi connectivity index (χ4v) is 2.09. The number of aromatic nitrogens is 5. The molecule has 0 aliphatic carbocycles. The van der Waals surface area contributed by atoms with Crippen molar-refractivity contribution in [3.63, 3.8) is 0 Å². The zero-order valence-corrected chi connectivity index (χ0v) is 12.6. The monoisotopic (exact) mass is 315 g/mol. The van der Waals surface area contributed by atoms with Crippen LogP contribution in [0, 0.1) is 5.82 Å². The maximum Gasteiger partial charge on any atom is 0.261 e. The Labute approximate surface area is 130 Å². The second-order valence-corrected chi connectivity index (χ2v) is 5.14. The summed E-state index contributed by atoms with van der Waals surface area (Å²) < 4.78 is 14.5. The van der Waals surface area contributed by atoms with Gasteiger partial charge < -0.3 is 10.6 Å². The van der Waals surface area contributed by atoms with Gasteiger partial charge in [-0.3, -0.25) is 9.36 Å². The first-order valence-corrected chi connectivity index (χ1v) is 6.76. The second kappa shape index (κ2) is 5.59. The number of rotatable bonds is 3. The lowest BCUT2D eigenvalue weighted by atomic mass is 10.2. The first-order chi connectivity index (χ1) is 10.9. The molecule has 0 saturated carbocycles. The molecule has 2 aromatic heterocycles. The largest absolute Gasteiger partial charge is 0.368 e. The number of fused-ring (bicyclic) bond motifs is 1. The van der Waals surface area contributed by atoms with Crippen LogP contribution < -0.4 is 16.2 Å². The van der Waals surface area contributed by atoms with Gasteiger partial charge in [-0.1, -0.05) is 0 Å². The van der Waals surface area contributed by atoms with Crippen molar-refractivity contribution in [3.8, 4) is 0 Å². The minimum absolute atomic E-state index is 0.0718. The molecule has 0 amide bonds. The van der Waals surface area contributed by atoms with Gasteiger partial charge in [0.25, 0.3) is 5.56 Å². The Hall–Kier alpha value is -3.10. The number of hydrogen-bond donors (Lipinski definition) is 1. The number of hydrogen-bond acceptors (Lipinski definition) is 7. The normalized spacial score (nSPS) is 10.9. The van der Waals surface area contributed by atoms with Crippen molar-refractivity contribution in [1.82, 2.24) is 24.5 Å². The summed E-state index contributed by atoms with van der Waals surface area (Å²) in [4.78, 5) is 30.5. The minimum atomic E-state index is -0.442. The number of anilines is 2.